The van der Waals surface area contributed by atoms with Crippen molar-refractivity contribution in [1.82, 2.24) is 9.55 Å². The molecule has 0 unspecified atom stereocenters. The maximum Gasteiger partial charge on any atom is 0.147 e. The second-order valence-corrected chi connectivity index (χ2v) is 13.4. The normalized spacial score (nSPS) is 11.8. The third kappa shape index (κ3) is 4.08. The Kier molecular flexibility index (Phi) is 6.08. The van der Waals surface area contributed by atoms with Gasteiger partial charge < -0.3 is 0 Å². The fourth-order valence-electron chi connectivity index (χ4n) is 7.43. The number of aromatic nitrogens is 2. The van der Waals surface area contributed by atoms with E-state index in [-0.39, 0.29) is 0 Å². The number of hydrogen-bond acceptors (Lipinski definition) is 2. The SMILES string of the molecule is c1ccc(-c2ccc(-c3ccccc3)c(-n3c(-c4cccc5c4sc4ccccc45)nc4c5ccccc5c5ccccc5c43)c2)cc1. The largest absolute Gasteiger partial charge is 0.291 e. The zero-order valence-corrected chi connectivity index (χ0v) is 26.8. The monoisotopic (exact) mass is 628 g/mol. The molecule has 10 rings (SSSR count). The van der Waals surface area contributed by atoms with Crippen LogP contribution in [-0.2, 0) is 0 Å². The molecule has 224 valence electrons. The number of imidazole rings is 1. The number of thiophene rings is 1. The lowest BCUT2D eigenvalue weighted by atomic mass is 9.97. The Morgan fingerprint density at radius 1 is 0.417 bits per heavy atom. The van der Waals surface area contributed by atoms with E-state index in [0.717, 1.165) is 39.1 Å². The minimum absolute atomic E-state index is 0.950. The van der Waals surface area contributed by atoms with Gasteiger partial charge in [-0.2, -0.15) is 0 Å². The molecule has 0 saturated heterocycles. The molecule has 0 saturated carbocycles. The third-order valence-electron chi connectivity index (χ3n) is 9.61. The van der Waals surface area contributed by atoms with Gasteiger partial charge in [-0.1, -0.05) is 152 Å². The summed E-state index contributed by atoms with van der Waals surface area (Å²) in [4.78, 5) is 5.66. The van der Waals surface area contributed by atoms with Crippen molar-refractivity contribution in [3.8, 4) is 39.3 Å². The van der Waals surface area contributed by atoms with Crippen molar-refractivity contribution in [2.45, 2.75) is 0 Å². The van der Waals surface area contributed by atoms with Crippen LogP contribution in [-0.4, -0.2) is 9.55 Å². The van der Waals surface area contributed by atoms with Crippen molar-refractivity contribution in [3.63, 3.8) is 0 Å². The van der Waals surface area contributed by atoms with Gasteiger partial charge in [-0.05, 0) is 45.7 Å². The van der Waals surface area contributed by atoms with E-state index in [0.29, 0.717) is 0 Å². The summed E-state index contributed by atoms with van der Waals surface area (Å²) in [7, 11) is 0. The van der Waals surface area contributed by atoms with Gasteiger partial charge in [0.2, 0.25) is 0 Å². The lowest BCUT2D eigenvalue weighted by Crippen LogP contribution is -2.01. The number of hydrogen-bond donors (Lipinski definition) is 0. The summed E-state index contributed by atoms with van der Waals surface area (Å²) in [5, 5.41) is 7.36. The average molecular weight is 629 g/mol. The number of benzene rings is 8. The molecule has 2 heterocycles. The highest BCUT2D eigenvalue weighted by atomic mass is 32.1. The Hall–Kier alpha value is -6.03. The van der Waals surface area contributed by atoms with E-state index < -0.39 is 0 Å². The van der Waals surface area contributed by atoms with E-state index in [1.807, 2.05) is 11.3 Å². The van der Waals surface area contributed by atoms with Gasteiger partial charge in [-0.15, -0.1) is 11.3 Å². The smallest absolute Gasteiger partial charge is 0.147 e. The number of rotatable bonds is 4. The first kappa shape index (κ1) is 27.1. The highest BCUT2D eigenvalue weighted by Gasteiger charge is 2.24. The first-order valence-corrected chi connectivity index (χ1v) is 17.1. The molecule has 10 aromatic rings. The van der Waals surface area contributed by atoms with Crippen LogP contribution in [0.3, 0.4) is 0 Å². The summed E-state index contributed by atoms with van der Waals surface area (Å²) in [6, 6.07) is 61.3. The predicted molar refractivity (Wildman–Crippen MR) is 205 cm³/mol. The lowest BCUT2D eigenvalue weighted by Gasteiger charge is -2.18. The van der Waals surface area contributed by atoms with Crippen molar-refractivity contribution in [3.05, 3.63) is 170 Å². The van der Waals surface area contributed by atoms with E-state index in [1.54, 1.807) is 0 Å². The maximum absolute atomic E-state index is 5.66. The quantitative estimate of drug-likeness (QED) is 0.177. The van der Waals surface area contributed by atoms with E-state index in [2.05, 4.69) is 174 Å². The van der Waals surface area contributed by atoms with Gasteiger partial charge in [0.25, 0.3) is 0 Å². The molecule has 0 bridgehead atoms. The van der Waals surface area contributed by atoms with Crippen LogP contribution in [0.2, 0.25) is 0 Å². The third-order valence-corrected chi connectivity index (χ3v) is 10.8. The molecule has 3 heteroatoms. The van der Waals surface area contributed by atoms with E-state index in [1.165, 1.54) is 53.0 Å². The summed E-state index contributed by atoms with van der Waals surface area (Å²) < 4.78 is 5.00. The zero-order valence-electron chi connectivity index (χ0n) is 26.0. The van der Waals surface area contributed by atoms with Crippen LogP contribution in [0, 0.1) is 0 Å². The highest BCUT2D eigenvalue weighted by molar-refractivity contribution is 7.26. The summed E-state index contributed by atoms with van der Waals surface area (Å²) in [5.74, 6) is 0.950. The van der Waals surface area contributed by atoms with Crippen molar-refractivity contribution < 1.29 is 0 Å². The summed E-state index contributed by atoms with van der Waals surface area (Å²) in [5.41, 5.74) is 9.08. The molecular weight excluding hydrogens is 601 g/mol. The average Bonchev–Trinajstić information content (AvgIpc) is 3.75. The van der Waals surface area contributed by atoms with Gasteiger partial charge >= 0.3 is 0 Å². The van der Waals surface area contributed by atoms with Crippen molar-refractivity contribution in [1.29, 1.82) is 0 Å². The molecule has 0 spiro atoms. The Bertz CT molecular complexity index is 2830. The van der Waals surface area contributed by atoms with Gasteiger partial charge in [-0.25, -0.2) is 4.98 Å². The van der Waals surface area contributed by atoms with E-state index in [4.69, 9.17) is 4.98 Å². The first-order chi connectivity index (χ1) is 23.8. The fourth-order valence-corrected chi connectivity index (χ4v) is 8.64. The molecule has 0 fully saturated rings. The molecule has 0 aliphatic carbocycles. The minimum Gasteiger partial charge on any atom is -0.291 e. The van der Waals surface area contributed by atoms with Crippen LogP contribution >= 0.6 is 11.3 Å². The summed E-state index contributed by atoms with van der Waals surface area (Å²) in [6.07, 6.45) is 0. The maximum atomic E-state index is 5.66. The van der Waals surface area contributed by atoms with Gasteiger partial charge in [0.1, 0.15) is 5.82 Å². The predicted octanol–water partition coefficient (Wildman–Crippen LogP) is 12.7. The van der Waals surface area contributed by atoms with Crippen LogP contribution in [0.1, 0.15) is 0 Å². The van der Waals surface area contributed by atoms with Gasteiger partial charge in [0.05, 0.1) is 16.7 Å². The van der Waals surface area contributed by atoms with Crippen molar-refractivity contribution in [2.75, 3.05) is 0 Å². The molecule has 0 amide bonds. The first-order valence-electron chi connectivity index (χ1n) is 16.3. The molecule has 8 aromatic carbocycles. The van der Waals surface area contributed by atoms with Gasteiger partial charge in [0.15, 0.2) is 0 Å². The molecule has 0 aliphatic heterocycles. The number of nitrogens with zero attached hydrogens (tertiary/aromatic N) is 2. The topological polar surface area (TPSA) is 17.8 Å². The Labute approximate surface area is 281 Å². The molecule has 0 atom stereocenters. The molecule has 0 N–H and O–H groups in total. The van der Waals surface area contributed by atoms with Crippen LogP contribution in [0.5, 0.6) is 0 Å². The van der Waals surface area contributed by atoms with Crippen LogP contribution in [0.15, 0.2) is 170 Å². The molecule has 0 radical (unpaired) electrons. The second-order valence-electron chi connectivity index (χ2n) is 12.3. The molecule has 0 aliphatic rings. The molecule has 48 heavy (non-hydrogen) atoms. The van der Waals surface area contributed by atoms with E-state index >= 15 is 0 Å². The van der Waals surface area contributed by atoms with Crippen LogP contribution in [0.4, 0.5) is 0 Å². The fraction of sp³-hybridized carbons (Fsp3) is 0. The molecule has 2 nitrogen and oxygen atoms in total. The Morgan fingerprint density at radius 2 is 1.02 bits per heavy atom. The Balaban J connectivity index is 1.42. The summed E-state index contributed by atoms with van der Waals surface area (Å²) >= 11 is 1.85. The standard InChI is InChI=1S/C45H28N2S/c1-3-14-29(15-4-1)31-26-27-32(30-16-5-2-6-17-30)40(28-31)47-43-37-22-10-8-19-34(37)33-18-7-9-21-36(33)42(43)46-45(47)39-24-13-23-38-35-20-11-12-25-41(35)48-44(38)39/h1-28H. The molecular formula is C45H28N2S. The van der Waals surface area contributed by atoms with Crippen LogP contribution in [0.25, 0.3) is 92.1 Å². The highest BCUT2D eigenvalue weighted by Crippen LogP contribution is 2.45. The number of fused-ring (bicyclic) bond motifs is 9. The second kappa shape index (κ2) is 10.8. The Morgan fingerprint density at radius 3 is 1.79 bits per heavy atom. The van der Waals surface area contributed by atoms with Gasteiger partial charge in [0, 0.05) is 42.1 Å². The minimum atomic E-state index is 0.950. The summed E-state index contributed by atoms with van der Waals surface area (Å²) in [6.45, 7) is 0. The van der Waals surface area contributed by atoms with Crippen LogP contribution < -0.4 is 0 Å². The van der Waals surface area contributed by atoms with E-state index in [9.17, 15) is 0 Å². The van der Waals surface area contributed by atoms with Gasteiger partial charge in [-0.3, -0.25) is 4.57 Å². The van der Waals surface area contributed by atoms with Crippen molar-refractivity contribution in [2.24, 2.45) is 0 Å². The molecule has 2 aromatic heterocycles. The van der Waals surface area contributed by atoms with Crippen molar-refractivity contribution >= 4 is 64.1 Å². The zero-order chi connectivity index (χ0) is 31.6. The lowest BCUT2D eigenvalue weighted by molar-refractivity contribution is 1.11.